The second kappa shape index (κ2) is 2.85. The Bertz CT molecular complexity index is 131. The van der Waals surface area contributed by atoms with Gasteiger partial charge in [0, 0.05) is 0 Å². The second-order valence-electron chi connectivity index (χ2n) is 2.14. The zero-order valence-electron chi connectivity index (χ0n) is 5.22. The van der Waals surface area contributed by atoms with E-state index in [1.54, 1.807) is 0 Å². The van der Waals surface area contributed by atoms with E-state index in [4.69, 9.17) is 10.2 Å². The van der Waals surface area contributed by atoms with Crippen molar-refractivity contribution in [2.75, 3.05) is 19.7 Å². The zero-order chi connectivity index (χ0) is 6.69. The van der Waals surface area contributed by atoms with Crippen LogP contribution in [0, 0.1) is 0 Å². The molecule has 52 valence electrons. The molecule has 0 fully saturated rings. The molecular formula is C6H11NO2. The van der Waals surface area contributed by atoms with Crippen molar-refractivity contribution in [3.8, 4) is 0 Å². The van der Waals surface area contributed by atoms with Crippen LogP contribution >= 0.6 is 0 Å². The monoisotopic (exact) mass is 129 g/mol. The van der Waals surface area contributed by atoms with Gasteiger partial charge in [-0.3, -0.25) is 0 Å². The predicted molar refractivity (Wildman–Crippen MR) is 34.2 cm³/mol. The fraction of sp³-hybridized carbons (Fsp3) is 0.667. The van der Waals surface area contributed by atoms with Gasteiger partial charge in [-0.15, -0.1) is 0 Å². The molecule has 0 aromatic rings. The van der Waals surface area contributed by atoms with Crippen molar-refractivity contribution in [1.29, 1.82) is 0 Å². The van der Waals surface area contributed by atoms with Crippen LogP contribution in [0.1, 0.15) is 6.42 Å². The van der Waals surface area contributed by atoms with Crippen molar-refractivity contribution in [2.45, 2.75) is 6.42 Å². The molecule has 0 aliphatic carbocycles. The van der Waals surface area contributed by atoms with Crippen molar-refractivity contribution >= 4 is 0 Å². The van der Waals surface area contributed by atoms with Crippen molar-refractivity contribution in [3.63, 3.8) is 0 Å². The largest absolute Gasteiger partial charge is 0.511 e. The number of nitrogens with one attached hydrogen (secondary N) is 1. The van der Waals surface area contributed by atoms with Crippen molar-refractivity contribution in [3.05, 3.63) is 11.3 Å². The van der Waals surface area contributed by atoms with Gasteiger partial charge in [-0.2, -0.15) is 0 Å². The topological polar surface area (TPSA) is 52.5 Å². The molecule has 0 aromatic heterocycles. The molecular weight excluding hydrogens is 118 g/mol. The highest BCUT2D eigenvalue weighted by Gasteiger charge is 2.08. The lowest BCUT2D eigenvalue weighted by atomic mass is 10.1. The Labute approximate surface area is 54.0 Å². The highest BCUT2D eigenvalue weighted by atomic mass is 16.3. The standard InChI is InChI=1S/C6H11NO2/c8-4-5-1-2-7-3-6(5)9/h7-9H,1-4H2. The molecule has 1 rings (SSSR count). The van der Waals surface area contributed by atoms with Gasteiger partial charge in [0.2, 0.25) is 0 Å². The molecule has 0 aromatic carbocycles. The van der Waals surface area contributed by atoms with E-state index in [9.17, 15) is 0 Å². The SMILES string of the molecule is OCC1=C(O)CNCC1. The van der Waals surface area contributed by atoms with Crippen LogP contribution < -0.4 is 5.32 Å². The van der Waals surface area contributed by atoms with Gasteiger partial charge in [-0.1, -0.05) is 0 Å². The minimum absolute atomic E-state index is 0.00644. The molecule has 0 bridgehead atoms. The first kappa shape index (κ1) is 6.58. The summed E-state index contributed by atoms with van der Waals surface area (Å²) in [6.07, 6.45) is 0.766. The smallest absolute Gasteiger partial charge is 0.108 e. The van der Waals surface area contributed by atoms with Gasteiger partial charge in [0.25, 0.3) is 0 Å². The summed E-state index contributed by atoms with van der Waals surface area (Å²) in [6.45, 7) is 1.36. The Hall–Kier alpha value is -0.540. The van der Waals surface area contributed by atoms with E-state index < -0.39 is 0 Å². The molecule has 0 radical (unpaired) electrons. The average Bonchev–Trinajstić information content (AvgIpc) is 1.89. The Morgan fingerprint density at radius 1 is 1.56 bits per heavy atom. The molecule has 3 N–H and O–H groups in total. The van der Waals surface area contributed by atoms with Gasteiger partial charge < -0.3 is 15.5 Å². The fourth-order valence-corrected chi connectivity index (χ4v) is 0.886. The summed E-state index contributed by atoms with van der Waals surface area (Å²) in [5.41, 5.74) is 0.772. The third-order valence-corrected chi connectivity index (χ3v) is 1.49. The molecule has 3 heteroatoms. The van der Waals surface area contributed by atoms with Gasteiger partial charge >= 0.3 is 0 Å². The minimum atomic E-state index is -0.00644. The van der Waals surface area contributed by atoms with Gasteiger partial charge in [0.15, 0.2) is 0 Å². The number of aliphatic hydroxyl groups is 2. The van der Waals surface area contributed by atoms with Crippen LogP contribution in [0.3, 0.4) is 0 Å². The maximum atomic E-state index is 9.03. The summed E-state index contributed by atoms with van der Waals surface area (Å²) in [4.78, 5) is 0. The maximum Gasteiger partial charge on any atom is 0.108 e. The molecule has 1 aliphatic rings. The molecule has 9 heavy (non-hydrogen) atoms. The van der Waals surface area contributed by atoms with Gasteiger partial charge in [-0.25, -0.2) is 0 Å². The third kappa shape index (κ3) is 1.43. The van der Waals surface area contributed by atoms with E-state index in [1.807, 2.05) is 0 Å². The normalized spacial score (nSPS) is 20.6. The number of rotatable bonds is 1. The quantitative estimate of drug-likeness (QED) is 0.459. The molecule has 1 heterocycles. The van der Waals surface area contributed by atoms with Crippen molar-refractivity contribution in [2.24, 2.45) is 0 Å². The van der Waals surface area contributed by atoms with Crippen LogP contribution in [-0.4, -0.2) is 29.9 Å². The van der Waals surface area contributed by atoms with E-state index in [-0.39, 0.29) is 6.61 Å². The van der Waals surface area contributed by atoms with E-state index in [0.717, 1.165) is 18.5 Å². The lowest BCUT2D eigenvalue weighted by Crippen LogP contribution is -2.25. The molecule has 0 spiro atoms. The number of hydrogen-bond acceptors (Lipinski definition) is 3. The third-order valence-electron chi connectivity index (χ3n) is 1.49. The van der Waals surface area contributed by atoms with E-state index in [2.05, 4.69) is 5.32 Å². The van der Waals surface area contributed by atoms with Crippen LogP contribution in [0.15, 0.2) is 11.3 Å². The summed E-state index contributed by atoms with van der Waals surface area (Å²) in [6, 6.07) is 0. The highest BCUT2D eigenvalue weighted by molar-refractivity contribution is 5.12. The van der Waals surface area contributed by atoms with Crippen LogP contribution in [0.5, 0.6) is 0 Å². The van der Waals surface area contributed by atoms with E-state index in [1.165, 1.54) is 0 Å². The van der Waals surface area contributed by atoms with Gasteiger partial charge in [0.1, 0.15) is 5.76 Å². The maximum absolute atomic E-state index is 9.03. The molecule has 1 aliphatic heterocycles. The zero-order valence-corrected chi connectivity index (χ0v) is 5.22. The Balaban J connectivity index is 2.59. The summed E-state index contributed by atoms with van der Waals surface area (Å²) in [7, 11) is 0. The predicted octanol–water partition coefficient (Wildman–Crippen LogP) is -0.216. The molecule has 0 saturated carbocycles. The van der Waals surface area contributed by atoms with E-state index in [0.29, 0.717) is 12.3 Å². The van der Waals surface area contributed by atoms with Crippen LogP contribution in [-0.2, 0) is 0 Å². The molecule has 0 amide bonds. The first-order chi connectivity index (χ1) is 4.34. The Morgan fingerprint density at radius 3 is 2.78 bits per heavy atom. The van der Waals surface area contributed by atoms with Crippen molar-refractivity contribution < 1.29 is 10.2 Å². The first-order valence-corrected chi connectivity index (χ1v) is 3.06. The molecule has 0 saturated heterocycles. The lowest BCUT2D eigenvalue weighted by molar-refractivity contribution is 0.295. The second-order valence-corrected chi connectivity index (χ2v) is 2.14. The molecule has 0 unspecified atom stereocenters. The van der Waals surface area contributed by atoms with E-state index >= 15 is 0 Å². The van der Waals surface area contributed by atoms with Crippen LogP contribution in [0.4, 0.5) is 0 Å². The number of hydrogen-bond donors (Lipinski definition) is 3. The minimum Gasteiger partial charge on any atom is -0.511 e. The van der Waals surface area contributed by atoms with Gasteiger partial charge in [-0.05, 0) is 18.5 Å². The van der Waals surface area contributed by atoms with Crippen molar-refractivity contribution in [1.82, 2.24) is 5.32 Å². The summed E-state index contributed by atoms with van der Waals surface area (Å²) >= 11 is 0. The van der Waals surface area contributed by atoms with Crippen LogP contribution in [0.2, 0.25) is 0 Å². The molecule has 3 nitrogen and oxygen atoms in total. The van der Waals surface area contributed by atoms with Gasteiger partial charge in [0.05, 0.1) is 13.2 Å². The summed E-state index contributed by atoms with van der Waals surface area (Å²) in [5.74, 6) is 0.309. The summed E-state index contributed by atoms with van der Waals surface area (Å²) < 4.78 is 0. The highest BCUT2D eigenvalue weighted by Crippen LogP contribution is 2.07. The Morgan fingerprint density at radius 2 is 2.33 bits per heavy atom. The fourth-order valence-electron chi connectivity index (χ4n) is 0.886. The number of aliphatic hydroxyl groups excluding tert-OH is 2. The average molecular weight is 129 g/mol. The first-order valence-electron chi connectivity index (χ1n) is 3.06. The Kier molecular flexibility index (Phi) is 2.08. The van der Waals surface area contributed by atoms with Crippen LogP contribution in [0.25, 0.3) is 0 Å². The molecule has 0 atom stereocenters. The lowest BCUT2D eigenvalue weighted by Gasteiger charge is -2.14. The summed E-state index contributed by atoms with van der Waals surface area (Å²) in [5, 5.41) is 20.6.